The fourth-order valence-electron chi connectivity index (χ4n) is 4.39. The number of nitrogens with one attached hydrogen (secondary N) is 1. The largest absolute Gasteiger partial charge is 0.381 e. The molecule has 3 heterocycles. The van der Waals surface area contributed by atoms with Crippen molar-refractivity contribution in [2.45, 2.75) is 38.6 Å². The molecule has 138 valence electrons. The average Bonchev–Trinajstić information content (AvgIpc) is 3.06. The molecule has 0 aromatic carbocycles. The van der Waals surface area contributed by atoms with Crippen LogP contribution in [0.4, 0.5) is 0 Å². The van der Waals surface area contributed by atoms with E-state index in [4.69, 9.17) is 9.26 Å². The Morgan fingerprint density at radius 1 is 1.24 bits per heavy atom. The Hall–Kier alpha value is -1.40. The second kappa shape index (κ2) is 7.87. The van der Waals surface area contributed by atoms with Gasteiger partial charge in [-0.15, -0.1) is 0 Å². The first-order valence-electron chi connectivity index (χ1n) is 9.78. The van der Waals surface area contributed by atoms with E-state index in [2.05, 4.69) is 15.4 Å². The van der Waals surface area contributed by atoms with E-state index in [1.165, 1.54) is 19.3 Å². The van der Waals surface area contributed by atoms with Gasteiger partial charge in [-0.25, -0.2) is 0 Å². The van der Waals surface area contributed by atoms with Crippen molar-refractivity contribution < 1.29 is 14.1 Å². The van der Waals surface area contributed by atoms with Crippen molar-refractivity contribution in [1.82, 2.24) is 15.4 Å². The smallest absolute Gasteiger partial charge is 0.227 e. The molecular weight excluding hydrogens is 318 g/mol. The number of nitrogens with zero attached hydrogens (tertiary/aromatic N) is 2. The molecule has 1 aromatic heterocycles. The second-order valence-electron chi connectivity index (χ2n) is 7.87. The van der Waals surface area contributed by atoms with Crippen molar-refractivity contribution in [3.8, 4) is 0 Å². The lowest BCUT2D eigenvalue weighted by Gasteiger charge is -2.48. The monoisotopic (exact) mass is 347 g/mol. The second-order valence-corrected chi connectivity index (χ2v) is 7.87. The summed E-state index contributed by atoms with van der Waals surface area (Å²) in [5.74, 6) is 2.47. The minimum Gasteiger partial charge on any atom is -0.381 e. The Balaban J connectivity index is 1.31. The third-order valence-corrected chi connectivity index (χ3v) is 6.35. The molecule has 2 aliphatic heterocycles. The zero-order valence-electron chi connectivity index (χ0n) is 14.9. The highest BCUT2D eigenvalue weighted by atomic mass is 16.5. The van der Waals surface area contributed by atoms with Crippen LogP contribution in [0.15, 0.2) is 16.9 Å². The molecule has 0 radical (unpaired) electrons. The summed E-state index contributed by atoms with van der Waals surface area (Å²) < 4.78 is 10.4. The van der Waals surface area contributed by atoms with E-state index in [-0.39, 0.29) is 5.92 Å². The van der Waals surface area contributed by atoms with Gasteiger partial charge in [0.25, 0.3) is 0 Å². The van der Waals surface area contributed by atoms with Crippen molar-refractivity contribution in [3.63, 3.8) is 0 Å². The predicted octanol–water partition coefficient (Wildman–Crippen LogP) is 2.07. The average molecular weight is 347 g/mol. The number of ether oxygens (including phenoxy) is 1. The maximum atomic E-state index is 13.1. The Bertz CT molecular complexity index is 546. The molecule has 1 aromatic rings. The van der Waals surface area contributed by atoms with Crippen LogP contribution >= 0.6 is 0 Å². The highest BCUT2D eigenvalue weighted by molar-refractivity contribution is 5.80. The van der Waals surface area contributed by atoms with Gasteiger partial charge in [-0.2, -0.15) is 0 Å². The van der Waals surface area contributed by atoms with Gasteiger partial charge in [-0.3, -0.25) is 4.79 Å². The summed E-state index contributed by atoms with van der Waals surface area (Å²) in [6.07, 6.45) is 7.68. The first-order valence-corrected chi connectivity index (χ1v) is 9.78. The number of aromatic nitrogens is 1. The molecule has 4 rings (SSSR count). The quantitative estimate of drug-likeness (QED) is 0.818. The van der Waals surface area contributed by atoms with Gasteiger partial charge in [0, 0.05) is 45.5 Å². The minimum atomic E-state index is 0.0538. The number of amides is 1. The van der Waals surface area contributed by atoms with Gasteiger partial charge in [-0.1, -0.05) is 24.4 Å². The first-order chi connectivity index (χ1) is 12.3. The molecule has 1 aliphatic carbocycles. The van der Waals surface area contributed by atoms with Crippen molar-refractivity contribution in [3.05, 3.63) is 18.0 Å². The normalized spacial score (nSPS) is 23.9. The molecule has 6 nitrogen and oxygen atoms in total. The lowest BCUT2D eigenvalue weighted by Crippen LogP contribution is -2.57. The molecule has 0 bridgehead atoms. The summed E-state index contributed by atoms with van der Waals surface area (Å²) in [7, 11) is 0. The molecule has 0 spiro atoms. The number of carbonyl (C=O) groups is 1. The number of rotatable bonds is 7. The molecule has 25 heavy (non-hydrogen) atoms. The van der Waals surface area contributed by atoms with Gasteiger partial charge in [0.2, 0.25) is 5.91 Å². The minimum absolute atomic E-state index is 0.0538. The summed E-state index contributed by atoms with van der Waals surface area (Å²) in [4.78, 5) is 15.2. The maximum absolute atomic E-state index is 13.1. The Labute approximate surface area is 149 Å². The molecule has 3 fully saturated rings. The van der Waals surface area contributed by atoms with Crippen LogP contribution in [0.2, 0.25) is 0 Å². The van der Waals surface area contributed by atoms with Gasteiger partial charge in [0.1, 0.15) is 6.26 Å². The third kappa shape index (κ3) is 3.90. The number of hydrogen-bond donors (Lipinski definition) is 1. The molecular formula is C19H29N3O3. The van der Waals surface area contributed by atoms with E-state index in [1.807, 2.05) is 6.07 Å². The van der Waals surface area contributed by atoms with Crippen molar-refractivity contribution in [2.75, 3.05) is 32.8 Å². The summed E-state index contributed by atoms with van der Waals surface area (Å²) in [6.45, 7) is 4.87. The maximum Gasteiger partial charge on any atom is 0.227 e. The molecule has 1 saturated carbocycles. The van der Waals surface area contributed by atoms with E-state index >= 15 is 0 Å². The third-order valence-electron chi connectivity index (χ3n) is 6.35. The van der Waals surface area contributed by atoms with E-state index < -0.39 is 0 Å². The van der Waals surface area contributed by atoms with Crippen molar-refractivity contribution in [2.24, 2.45) is 23.7 Å². The lowest BCUT2D eigenvalue weighted by molar-refractivity contribution is -0.147. The van der Waals surface area contributed by atoms with Crippen LogP contribution in [0, 0.1) is 23.7 Å². The van der Waals surface area contributed by atoms with E-state index in [9.17, 15) is 4.79 Å². The summed E-state index contributed by atoms with van der Waals surface area (Å²) in [6, 6.07) is 1.86. The standard InChI is InChI=1S/C19H29N3O3/c23-19(22-12-16(13-22)14-2-1-3-14)18(15-4-7-24-8-5-15)11-20-10-17-6-9-25-21-17/h6,9,14-16,18,20H,1-5,7-8,10-13H2. The number of carbonyl (C=O) groups excluding carboxylic acids is 1. The summed E-state index contributed by atoms with van der Waals surface area (Å²) >= 11 is 0. The fourth-order valence-corrected chi connectivity index (χ4v) is 4.39. The Morgan fingerprint density at radius 2 is 2.04 bits per heavy atom. The van der Waals surface area contributed by atoms with Gasteiger partial charge in [0.15, 0.2) is 0 Å². The van der Waals surface area contributed by atoms with Crippen LogP contribution in [0.3, 0.4) is 0 Å². The number of likely N-dealkylation sites (tertiary alicyclic amines) is 1. The van der Waals surface area contributed by atoms with Gasteiger partial charge in [0.05, 0.1) is 11.6 Å². The van der Waals surface area contributed by atoms with Crippen LogP contribution in [-0.4, -0.2) is 48.8 Å². The zero-order valence-corrected chi connectivity index (χ0v) is 14.9. The summed E-state index contributed by atoms with van der Waals surface area (Å²) in [5.41, 5.74) is 0.882. The molecule has 1 N–H and O–H groups in total. The van der Waals surface area contributed by atoms with E-state index in [1.54, 1.807) is 6.26 Å². The SMILES string of the molecule is O=C(C(CNCc1ccon1)C1CCOCC1)N1CC(C2CCC2)C1. The fraction of sp³-hybridized carbons (Fsp3) is 0.789. The van der Waals surface area contributed by atoms with Crippen molar-refractivity contribution >= 4 is 5.91 Å². The Kier molecular flexibility index (Phi) is 5.36. The van der Waals surface area contributed by atoms with E-state index in [0.29, 0.717) is 24.9 Å². The highest BCUT2D eigenvalue weighted by Crippen LogP contribution is 2.39. The molecule has 2 saturated heterocycles. The number of hydrogen-bond acceptors (Lipinski definition) is 5. The van der Waals surface area contributed by atoms with Crippen LogP contribution < -0.4 is 5.32 Å². The lowest BCUT2D eigenvalue weighted by atomic mass is 9.72. The van der Waals surface area contributed by atoms with Crippen LogP contribution in [-0.2, 0) is 16.1 Å². The first kappa shape index (κ1) is 17.0. The molecule has 1 amide bonds. The van der Waals surface area contributed by atoms with Gasteiger partial charge < -0.3 is 19.5 Å². The Morgan fingerprint density at radius 3 is 2.68 bits per heavy atom. The predicted molar refractivity (Wildman–Crippen MR) is 92.7 cm³/mol. The van der Waals surface area contributed by atoms with Crippen LogP contribution in [0.1, 0.15) is 37.8 Å². The highest BCUT2D eigenvalue weighted by Gasteiger charge is 2.41. The molecule has 6 heteroatoms. The molecule has 3 aliphatic rings. The van der Waals surface area contributed by atoms with Crippen LogP contribution in [0.5, 0.6) is 0 Å². The van der Waals surface area contributed by atoms with Gasteiger partial charge >= 0.3 is 0 Å². The van der Waals surface area contributed by atoms with Gasteiger partial charge in [-0.05, 0) is 30.6 Å². The summed E-state index contributed by atoms with van der Waals surface area (Å²) in [5, 5.41) is 7.34. The molecule has 1 atom stereocenters. The van der Waals surface area contributed by atoms with Crippen LogP contribution in [0.25, 0.3) is 0 Å². The van der Waals surface area contributed by atoms with Crippen molar-refractivity contribution in [1.29, 1.82) is 0 Å². The topological polar surface area (TPSA) is 67.6 Å². The molecule has 1 unspecified atom stereocenters. The van der Waals surface area contributed by atoms with E-state index in [0.717, 1.165) is 56.7 Å². The zero-order chi connectivity index (χ0) is 17.1.